The van der Waals surface area contributed by atoms with Crippen molar-refractivity contribution in [3.8, 4) is 0 Å². The summed E-state index contributed by atoms with van der Waals surface area (Å²) < 4.78 is 4.87. The maximum atomic E-state index is 11.7. The molecule has 0 aliphatic carbocycles. The average molecular weight is 529 g/mol. The molecule has 0 spiro atoms. The number of carbonyl (C=O) groups excluding carboxylic acids is 1. The number of ether oxygens (including phenoxy) is 1. The monoisotopic (exact) mass is 529 g/mol. The number of guanidine groups is 1. The fraction of sp³-hybridized carbons (Fsp3) is 0.636. The third kappa shape index (κ3) is 7.39. The lowest BCUT2D eigenvalue weighted by Gasteiger charge is -2.36. The molecule has 0 atom stereocenters. The van der Waals surface area contributed by atoms with E-state index in [2.05, 4.69) is 55.3 Å². The van der Waals surface area contributed by atoms with Crippen LogP contribution in [0.25, 0.3) is 0 Å². The van der Waals surface area contributed by atoms with Gasteiger partial charge in [-0.25, -0.2) is 0 Å². The van der Waals surface area contributed by atoms with Crippen LogP contribution >= 0.6 is 24.0 Å². The first-order chi connectivity index (χ1) is 14.2. The Morgan fingerprint density at radius 2 is 1.70 bits per heavy atom. The first-order valence-electron chi connectivity index (χ1n) is 10.7. The van der Waals surface area contributed by atoms with Gasteiger partial charge in [0, 0.05) is 66.0 Å². The Bertz CT molecular complexity index is 657. The molecule has 8 heteroatoms. The van der Waals surface area contributed by atoms with E-state index in [1.165, 1.54) is 12.7 Å². The van der Waals surface area contributed by atoms with Gasteiger partial charge in [-0.1, -0.05) is 30.3 Å². The first-order valence-corrected chi connectivity index (χ1v) is 10.7. The minimum atomic E-state index is -0.0843. The lowest BCUT2D eigenvalue weighted by atomic mass is 9.97. The summed E-state index contributed by atoms with van der Waals surface area (Å²) in [5.74, 6) is 0.886. The lowest BCUT2D eigenvalue weighted by Crippen LogP contribution is -2.50. The Morgan fingerprint density at radius 3 is 2.30 bits per heavy atom. The number of piperazine rings is 1. The van der Waals surface area contributed by atoms with Crippen LogP contribution in [-0.2, 0) is 16.1 Å². The van der Waals surface area contributed by atoms with Crippen LogP contribution in [0.3, 0.4) is 0 Å². The van der Waals surface area contributed by atoms with Gasteiger partial charge in [-0.15, -0.1) is 24.0 Å². The number of hydrogen-bond donors (Lipinski definition) is 1. The molecule has 0 aromatic heterocycles. The van der Waals surface area contributed by atoms with Crippen molar-refractivity contribution in [1.82, 2.24) is 20.0 Å². The number of rotatable bonds is 6. The van der Waals surface area contributed by atoms with Crippen LogP contribution in [0.15, 0.2) is 35.3 Å². The summed E-state index contributed by atoms with van der Waals surface area (Å²) in [6.07, 6.45) is 1.66. The highest BCUT2D eigenvalue weighted by Crippen LogP contribution is 2.18. The Hall–Kier alpha value is -1.39. The van der Waals surface area contributed by atoms with Gasteiger partial charge in [-0.2, -0.15) is 0 Å². The van der Waals surface area contributed by atoms with E-state index in [0.29, 0.717) is 0 Å². The molecule has 2 heterocycles. The maximum Gasteiger partial charge on any atom is 0.308 e. The second kappa shape index (κ2) is 13.1. The van der Waals surface area contributed by atoms with Crippen LogP contribution in [-0.4, -0.2) is 93.1 Å². The van der Waals surface area contributed by atoms with Crippen LogP contribution in [0.4, 0.5) is 0 Å². The third-order valence-corrected chi connectivity index (χ3v) is 5.97. The molecule has 168 valence electrons. The summed E-state index contributed by atoms with van der Waals surface area (Å²) in [6.45, 7) is 9.10. The minimum absolute atomic E-state index is 0. The molecule has 2 fully saturated rings. The van der Waals surface area contributed by atoms with Crippen molar-refractivity contribution in [2.45, 2.75) is 19.4 Å². The smallest absolute Gasteiger partial charge is 0.308 e. The van der Waals surface area contributed by atoms with Crippen LogP contribution in [0.1, 0.15) is 18.4 Å². The molecule has 1 aromatic rings. The number of aliphatic imine (C=N–C) groups is 1. The fourth-order valence-corrected chi connectivity index (χ4v) is 4.16. The fourth-order valence-electron chi connectivity index (χ4n) is 4.16. The van der Waals surface area contributed by atoms with E-state index in [4.69, 9.17) is 4.74 Å². The Morgan fingerprint density at radius 1 is 1.07 bits per heavy atom. The molecule has 0 saturated carbocycles. The molecule has 0 unspecified atom stereocenters. The van der Waals surface area contributed by atoms with E-state index < -0.39 is 0 Å². The van der Waals surface area contributed by atoms with Crippen LogP contribution in [0.5, 0.6) is 0 Å². The summed E-state index contributed by atoms with van der Waals surface area (Å²) in [4.78, 5) is 23.4. The van der Waals surface area contributed by atoms with Crippen LogP contribution in [0.2, 0.25) is 0 Å². The maximum absolute atomic E-state index is 11.7. The van der Waals surface area contributed by atoms with Gasteiger partial charge >= 0.3 is 5.97 Å². The standard InChI is InChI=1S/C22H35N5O2.HI/c1-23-22(27-11-8-20(9-12-27)21(28)29-2)24-10-13-25-14-16-26(17-15-25)18-19-6-4-3-5-7-19;/h3-7,20H,8-18H2,1-2H3,(H,23,24);1H. The highest BCUT2D eigenvalue weighted by Gasteiger charge is 2.27. The molecular formula is C22H36IN5O2. The number of nitrogens with one attached hydrogen (secondary N) is 1. The lowest BCUT2D eigenvalue weighted by molar-refractivity contribution is -0.146. The average Bonchev–Trinajstić information content (AvgIpc) is 2.78. The van der Waals surface area contributed by atoms with E-state index in [1.54, 1.807) is 0 Å². The predicted molar refractivity (Wildman–Crippen MR) is 131 cm³/mol. The van der Waals surface area contributed by atoms with Crippen molar-refractivity contribution in [2.75, 3.05) is 66.5 Å². The first kappa shape index (κ1) is 24.9. The number of esters is 1. The summed E-state index contributed by atoms with van der Waals surface area (Å²) in [6, 6.07) is 10.7. The molecule has 0 bridgehead atoms. The zero-order valence-corrected chi connectivity index (χ0v) is 20.6. The second-order valence-corrected chi connectivity index (χ2v) is 7.86. The second-order valence-electron chi connectivity index (χ2n) is 7.86. The summed E-state index contributed by atoms with van der Waals surface area (Å²) in [5, 5.41) is 3.50. The number of benzene rings is 1. The highest BCUT2D eigenvalue weighted by atomic mass is 127. The van der Waals surface area contributed by atoms with Gasteiger partial charge in [-0.3, -0.25) is 19.6 Å². The molecule has 1 aromatic carbocycles. The molecule has 7 nitrogen and oxygen atoms in total. The summed E-state index contributed by atoms with van der Waals surface area (Å²) in [7, 11) is 3.30. The zero-order valence-electron chi connectivity index (χ0n) is 18.3. The Balaban J connectivity index is 0.00000320. The minimum Gasteiger partial charge on any atom is -0.469 e. The largest absolute Gasteiger partial charge is 0.469 e. The molecule has 2 aliphatic heterocycles. The van der Waals surface area contributed by atoms with Crippen molar-refractivity contribution >= 4 is 35.9 Å². The summed E-state index contributed by atoms with van der Waals surface area (Å²) in [5.41, 5.74) is 1.39. The number of methoxy groups -OCH3 is 1. The van der Waals surface area contributed by atoms with E-state index in [0.717, 1.165) is 77.7 Å². The molecule has 0 amide bonds. The third-order valence-electron chi connectivity index (χ3n) is 5.97. The van der Waals surface area contributed by atoms with Crippen molar-refractivity contribution in [3.05, 3.63) is 35.9 Å². The van der Waals surface area contributed by atoms with E-state index >= 15 is 0 Å². The van der Waals surface area contributed by atoms with Crippen LogP contribution < -0.4 is 5.32 Å². The van der Waals surface area contributed by atoms with Crippen LogP contribution in [0, 0.1) is 5.92 Å². The van der Waals surface area contributed by atoms with Gasteiger partial charge in [0.05, 0.1) is 13.0 Å². The van der Waals surface area contributed by atoms with Gasteiger partial charge in [0.15, 0.2) is 5.96 Å². The van der Waals surface area contributed by atoms with Crippen molar-refractivity contribution in [2.24, 2.45) is 10.9 Å². The van der Waals surface area contributed by atoms with Crippen molar-refractivity contribution in [1.29, 1.82) is 0 Å². The number of carbonyl (C=O) groups is 1. The topological polar surface area (TPSA) is 60.4 Å². The molecule has 2 saturated heterocycles. The van der Waals surface area contributed by atoms with Gasteiger partial charge in [0.25, 0.3) is 0 Å². The Labute approximate surface area is 197 Å². The van der Waals surface area contributed by atoms with Gasteiger partial charge < -0.3 is 15.0 Å². The number of nitrogens with zero attached hydrogens (tertiary/aromatic N) is 4. The molecule has 3 rings (SSSR count). The van der Waals surface area contributed by atoms with Gasteiger partial charge in [-0.05, 0) is 18.4 Å². The zero-order chi connectivity index (χ0) is 20.5. The molecular weight excluding hydrogens is 493 g/mol. The number of hydrogen-bond acceptors (Lipinski definition) is 5. The molecule has 0 radical (unpaired) electrons. The number of halogens is 1. The Kier molecular flexibility index (Phi) is 10.9. The number of piperidine rings is 1. The van der Waals surface area contributed by atoms with Gasteiger partial charge in [0.1, 0.15) is 0 Å². The summed E-state index contributed by atoms with van der Waals surface area (Å²) >= 11 is 0. The van der Waals surface area contributed by atoms with E-state index in [-0.39, 0.29) is 35.9 Å². The number of likely N-dealkylation sites (tertiary alicyclic amines) is 1. The molecule has 2 aliphatic rings. The molecule has 1 N–H and O–H groups in total. The van der Waals surface area contributed by atoms with E-state index in [9.17, 15) is 4.79 Å². The van der Waals surface area contributed by atoms with E-state index in [1.807, 2.05) is 7.05 Å². The predicted octanol–water partition coefficient (Wildman–Crippen LogP) is 1.88. The SMILES string of the molecule is CN=C(NCCN1CCN(Cc2ccccc2)CC1)N1CCC(C(=O)OC)CC1.I. The van der Waals surface area contributed by atoms with Crippen molar-refractivity contribution in [3.63, 3.8) is 0 Å². The quantitative estimate of drug-likeness (QED) is 0.263. The highest BCUT2D eigenvalue weighted by molar-refractivity contribution is 14.0. The van der Waals surface area contributed by atoms with Gasteiger partial charge in [0.2, 0.25) is 0 Å². The van der Waals surface area contributed by atoms with Crippen molar-refractivity contribution < 1.29 is 9.53 Å². The normalized spacial score (nSPS) is 19.3. The molecule has 30 heavy (non-hydrogen) atoms.